The van der Waals surface area contributed by atoms with Crippen LogP contribution in [0.25, 0.3) is 10.9 Å². The lowest BCUT2D eigenvalue weighted by Crippen LogP contribution is -2.52. The number of H-pyrrole nitrogens is 1. The molecule has 1 aromatic heterocycles. The molecule has 0 saturated carbocycles. The van der Waals surface area contributed by atoms with Gasteiger partial charge in [-0.25, -0.2) is 8.78 Å². The number of halogens is 2. The van der Waals surface area contributed by atoms with Crippen LogP contribution < -0.4 is 15.5 Å². The van der Waals surface area contributed by atoms with Crippen molar-refractivity contribution in [2.45, 2.75) is 31.8 Å². The summed E-state index contributed by atoms with van der Waals surface area (Å²) in [6, 6.07) is 9.78. The van der Waals surface area contributed by atoms with Gasteiger partial charge in [-0.3, -0.25) is 14.4 Å². The minimum absolute atomic E-state index is 0.0169. The van der Waals surface area contributed by atoms with Crippen molar-refractivity contribution in [2.75, 3.05) is 51.0 Å². The monoisotopic (exact) mass is 572 g/mol. The number of anilines is 1. The molecular formula is C29H34F2N4O6. The lowest BCUT2D eigenvalue weighted by molar-refractivity contribution is -0.149. The molecule has 3 aromatic rings. The number of carbonyl (C=O) groups excluding carboxylic acids is 3. The van der Waals surface area contributed by atoms with Gasteiger partial charge in [0.15, 0.2) is 0 Å². The summed E-state index contributed by atoms with van der Waals surface area (Å²) in [6.07, 6.45) is 0.939. The van der Waals surface area contributed by atoms with Crippen LogP contribution >= 0.6 is 0 Å². The van der Waals surface area contributed by atoms with Crippen molar-refractivity contribution in [1.29, 1.82) is 0 Å². The highest BCUT2D eigenvalue weighted by Gasteiger charge is 2.51. The van der Waals surface area contributed by atoms with E-state index in [4.69, 9.17) is 9.47 Å². The van der Waals surface area contributed by atoms with Gasteiger partial charge in [0, 0.05) is 55.3 Å². The Bertz CT molecular complexity index is 1380. The molecule has 0 bridgehead atoms. The van der Waals surface area contributed by atoms with Crippen LogP contribution in [0.3, 0.4) is 0 Å². The molecular weight excluding hydrogens is 538 g/mol. The molecule has 2 aromatic carbocycles. The van der Waals surface area contributed by atoms with Gasteiger partial charge in [-0.15, -0.1) is 0 Å². The molecule has 1 aliphatic rings. The molecule has 4 N–H and O–H groups in total. The zero-order chi connectivity index (χ0) is 29.4. The van der Waals surface area contributed by atoms with Crippen molar-refractivity contribution < 1.29 is 37.7 Å². The number of fused-ring (bicyclic) bond motifs is 1. The van der Waals surface area contributed by atoms with Gasteiger partial charge in [-0.2, -0.15) is 0 Å². The standard InChI is InChI=1S/C29H34F2N4O6/c1-2-10-40-12-13-41-11-8-32-26(36)25-17-20-16-23(3-4-24(20)34-25)35-9-6-29(39,28(35)38)27(37)33-7-5-19-14-21(30)18-22(31)15-19/h3-4,14-18,34,39H,2,5-13H2,1H3,(H,32,36)(H,33,37). The number of hydrogen-bond acceptors (Lipinski definition) is 6. The third-order valence-electron chi connectivity index (χ3n) is 6.71. The van der Waals surface area contributed by atoms with Crippen LogP contribution in [0.1, 0.15) is 35.8 Å². The zero-order valence-corrected chi connectivity index (χ0v) is 22.8. The Kier molecular flexibility index (Phi) is 10.0. The molecule has 1 saturated heterocycles. The Labute approximate surface area is 236 Å². The molecule has 0 spiro atoms. The molecule has 1 atom stereocenters. The molecule has 220 valence electrons. The van der Waals surface area contributed by atoms with Gasteiger partial charge in [0.2, 0.25) is 5.60 Å². The fourth-order valence-electron chi connectivity index (χ4n) is 4.59. The molecule has 10 nitrogen and oxygen atoms in total. The summed E-state index contributed by atoms with van der Waals surface area (Å²) in [5.41, 5.74) is -0.452. The quantitative estimate of drug-likeness (QED) is 0.173. The number of nitrogens with one attached hydrogen (secondary N) is 3. The van der Waals surface area contributed by atoms with E-state index in [1.165, 1.54) is 4.90 Å². The van der Waals surface area contributed by atoms with Crippen molar-refractivity contribution >= 4 is 34.3 Å². The summed E-state index contributed by atoms with van der Waals surface area (Å²) in [5, 5.41) is 16.9. The molecule has 0 radical (unpaired) electrons. The largest absolute Gasteiger partial charge is 0.379 e. The maximum Gasteiger partial charge on any atom is 0.268 e. The number of amides is 3. The molecule has 1 aliphatic heterocycles. The second kappa shape index (κ2) is 13.7. The van der Waals surface area contributed by atoms with Crippen LogP contribution in [0.4, 0.5) is 14.5 Å². The molecule has 41 heavy (non-hydrogen) atoms. The fraction of sp³-hybridized carbons (Fsp3) is 0.414. The van der Waals surface area contributed by atoms with Gasteiger partial charge in [0.05, 0.1) is 19.8 Å². The summed E-state index contributed by atoms with van der Waals surface area (Å²) in [4.78, 5) is 42.8. The number of aromatic amines is 1. The number of hydrogen-bond donors (Lipinski definition) is 4. The number of aromatic nitrogens is 1. The first-order valence-electron chi connectivity index (χ1n) is 13.6. The van der Waals surface area contributed by atoms with E-state index in [1.54, 1.807) is 24.3 Å². The first kappa shape index (κ1) is 30.1. The van der Waals surface area contributed by atoms with Gasteiger partial charge in [-0.05, 0) is 54.8 Å². The second-order valence-electron chi connectivity index (χ2n) is 9.79. The van der Waals surface area contributed by atoms with E-state index in [1.807, 2.05) is 6.92 Å². The normalized spacial score (nSPS) is 16.9. The number of rotatable bonds is 14. The molecule has 3 amide bonds. The smallest absolute Gasteiger partial charge is 0.268 e. The van der Waals surface area contributed by atoms with E-state index < -0.39 is 29.0 Å². The van der Waals surface area contributed by atoms with E-state index in [2.05, 4.69) is 15.6 Å². The molecule has 4 rings (SSSR count). The zero-order valence-electron chi connectivity index (χ0n) is 22.8. The van der Waals surface area contributed by atoms with E-state index in [0.717, 1.165) is 24.6 Å². The molecule has 12 heteroatoms. The third-order valence-corrected chi connectivity index (χ3v) is 6.71. The highest BCUT2D eigenvalue weighted by atomic mass is 19.1. The van der Waals surface area contributed by atoms with Crippen LogP contribution in [0.15, 0.2) is 42.5 Å². The molecule has 0 aliphatic carbocycles. The number of nitrogens with zero attached hydrogens (tertiary/aromatic N) is 1. The predicted octanol–water partition coefficient (Wildman–Crippen LogP) is 2.45. The molecule has 1 unspecified atom stereocenters. The van der Waals surface area contributed by atoms with Gasteiger partial charge >= 0.3 is 0 Å². The predicted molar refractivity (Wildman–Crippen MR) is 148 cm³/mol. The van der Waals surface area contributed by atoms with Crippen LogP contribution in [-0.4, -0.2) is 79.5 Å². The summed E-state index contributed by atoms with van der Waals surface area (Å²) < 4.78 is 37.5. The van der Waals surface area contributed by atoms with E-state index in [9.17, 15) is 28.3 Å². The summed E-state index contributed by atoms with van der Waals surface area (Å²) >= 11 is 0. The average molecular weight is 573 g/mol. The summed E-state index contributed by atoms with van der Waals surface area (Å²) in [7, 11) is 0. The SMILES string of the molecule is CCCOCCOCCNC(=O)c1cc2cc(N3CCC(O)(C(=O)NCCc4cc(F)cc(F)c4)C3=O)ccc2[nH]1. The van der Waals surface area contributed by atoms with E-state index >= 15 is 0 Å². The van der Waals surface area contributed by atoms with Gasteiger partial charge < -0.3 is 35.1 Å². The van der Waals surface area contributed by atoms with Gasteiger partial charge in [-0.1, -0.05) is 6.92 Å². The Hall–Kier alpha value is -3.87. The van der Waals surface area contributed by atoms with Crippen molar-refractivity contribution in [3.63, 3.8) is 0 Å². The lowest BCUT2D eigenvalue weighted by Gasteiger charge is -2.22. The van der Waals surface area contributed by atoms with Crippen molar-refractivity contribution in [3.05, 3.63) is 65.4 Å². The highest BCUT2D eigenvalue weighted by molar-refractivity contribution is 6.16. The van der Waals surface area contributed by atoms with Crippen LogP contribution in [0.2, 0.25) is 0 Å². The summed E-state index contributed by atoms with van der Waals surface area (Å²) in [5.74, 6) is -3.42. The van der Waals surface area contributed by atoms with Gasteiger partial charge in [0.1, 0.15) is 17.3 Å². The maximum absolute atomic E-state index is 13.4. The number of aliphatic hydroxyl groups is 1. The first-order chi connectivity index (χ1) is 19.7. The number of carbonyl (C=O) groups is 3. The average Bonchev–Trinajstić information content (AvgIpc) is 3.50. The fourth-order valence-corrected chi connectivity index (χ4v) is 4.59. The Morgan fingerprint density at radius 2 is 1.73 bits per heavy atom. The Morgan fingerprint density at radius 3 is 2.46 bits per heavy atom. The van der Waals surface area contributed by atoms with Crippen molar-refractivity contribution in [3.8, 4) is 0 Å². The number of benzene rings is 2. The topological polar surface area (TPSA) is 133 Å². The Balaban J connectivity index is 1.30. The van der Waals surface area contributed by atoms with Crippen LogP contribution in [0.5, 0.6) is 0 Å². The Morgan fingerprint density at radius 1 is 1.00 bits per heavy atom. The minimum atomic E-state index is -2.27. The van der Waals surface area contributed by atoms with Gasteiger partial charge in [0.25, 0.3) is 17.7 Å². The van der Waals surface area contributed by atoms with Crippen LogP contribution in [0, 0.1) is 11.6 Å². The second-order valence-corrected chi connectivity index (χ2v) is 9.79. The molecule has 1 fully saturated rings. The molecule has 2 heterocycles. The van der Waals surface area contributed by atoms with E-state index in [0.29, 0.717) is 60.8 Å². The first-order valence-corrected chi connectivity index (χ1v) is 13.6. The van der Waals surface area contributed by atoms with Crippen molar-refractivity contribution in [1.82, 2.24) is 15.6 Å². The number of ether oxygens (including phenoxy) is 2. The lowest BCUT2D eigenvalue weighted by atomic mass is 10.0. The third kappa shape index (κ3) is 7.46. The maximum atomic E-state index is 13.4. The minimum Gasteiger partial charge on any atom is -0.379 e. The van der Waals surface area contributed by atoms with Crippen LogP contribution in [-0.2, 0) is 25.5 Å². The van der Waals surface area contributed by atoms with Crippen molar-refractivity contribution in [2.24, 2.45) is 0 Å². The summed E-state index contributed by atoms with van der Waals surface area (Å²) in [6.45, 7) is 4.44. The van der Waals surface area contributed by atoms with E-state index in [-0.39, 0.29) is 31.8 Å². The highest BCUT2D eigenvalue weighted by Crippen LogP contribution is 2.31.